The lowest BCUT2D eigenvalue weighted by molar-refractivity contribution is 0.0696. The highest BCUT2D eigenvalue weighted by Crippen LogP contribution is 2.32. The SMILES string of the molecule is Cc1cn2cc(C(=O)O)cc(NC3COCc4cc(F)cc(F)c43)c2n1. The molecule has 0 saturated heterocycles. The van der Waals surface area contributed by atoms with Crippen LogP contribution < -0.4 is 5.32 Å². The molecule has 0 radical (unpaired) electrons. The lowest BCUT2D eigenvalue weighted by atomic mass is 9.97. The third-order valence-corrected chi connectivity index (χ3v) is 4.32. The fourth-order valence-corrected chi connectivity index (χ4v) is 3.26. The Morgan fingerprint density at radius 1 is 1.35 bits per heavy atom. The van der Waals surface area contributed by atoms with Crippen LogP contribution in [-0.4, -0.2) is 27.1 Å². The normalized spacial score (nSPS) is 16.5. The summed E-state index contributed by atoms with van der Waals surface area (Å²) < 4.78 is 34.9. The highest BCUT2D eigenvalue weighted by Gasteiger charge is 2.26. The molecule has 3 heterocycles. The first-order valence-corrected chi connectivity index (χ1v) is 7.97. The van der Waals surface area contributed by atoms with Gasteiger partial charge in [-0.25, -0.2) is 18.6 Å². The summed E-state index contributed by atoms with van der Waals surface area (Å²) in [5, 5.41) is 12.4. The van der Waals surface area contributed by atoms with Crippen molar-refractivity contribution in [3.63, 3.8) is 0 Å². The van der Waals surface area contributed by atoms with Crippen LogP contribution in [0.2, 0.25) is 0 Å². The van der Waals surface area contributed by atoms with Crippen molar-refractivity contribution in [3.05, 3.63) is 64.6 Å². The number of aromatic nitrogens is 2. The minimum absolute atomic E-state index is 0.0638. The second-order valence-electron chi connectivity index (χ2n) is 6.23. The maximum atomic E-state index is 14.4. The van der Waals surface area contributed by atoms with Crippen LogP contribution in [0, 0.1) is 18.6 Å². The number of hydrogen-bond acceptors (Lipinski definition) is 4. The summed E-state index contributed by atoms with van der Waals surface area (Å²) in [5.41, 5.74) is 2.47. The number of nitrogens with one attached hydrogen (secondary N) is 1. The van der Waals surface area contributed by atoms with Gasteiger partial charge in [0.2, 0.25) is 0 Å². The van der Waals surface area contributed by atoms with E-state index in [2.05, 4.69) is 10.3 Å². The van der Waals surface area contributed by atoms with E-state index < -0.39 is 23.6 Å². The van der Waals surface area contributed by atoms with Gasteiger partial charge in [0.05, 0.1) is 36.2 Å². The molecule has 26 heavy (non-hydrogen) atoms. The third kappa shape index (κ3) is 2.78. The summed E-state index contributed by atoms with van der Waals surface area (Å²) in [7, 11) is 0. The molecular formula is C18H15F2N3O3. The molecule has 0 fully saturated rings. The summed E-state index contributed by atoms with van der Waals surface area (Å²) in [6.07, 6.45) is 3.17. The molecule has 8 heteroatoms. The Morgan fingerprint density at radius 2 is 2.15 bits per heavy atom. The number of rotatable bonds is 3. The largest absolute Gasteiger partial charge is 0.478 e. The van der Waals surface area contributed by atoms with Crippen molar-refractivity contribution in [2.24, 2.45) is 0 Å². The maximum Gasteiger partial charge on any atom is 0.337 e. The van der Waals surface area contributed by atoms with Crippen molar-refractivity contribution in [1.29, 1.82) is 0 Å². The molecule has 1 atom stereocenters. The fourth-order valence-electron chi connectivity index (χ4n) is 3.26. The Hall–Kier alpha value is -3.00. The molecule has 2 aromatic heterocycles. The van der Waals surface area contributed by atoms with Crippen LogP contribution in [0.1, 0.15) is 33.2 Å². The Bertz CT molecular complexity index is 1030. The van der Waals surface area contributed by atoms with Crippen LogP contribution in [0.4, 0.5) is 14.5 Å². The van der Waals surface area contributed by atoms with Gasteiger partial charge in [-0.3, -0.25) is 0 Å². The third-order valence-electron chi connectivity index (χ3n) is 4.32. The van der Waals surface area contributed by atoms with Crippen molar-refractivity contribution >= 4 is 17.3 Å². The molecule has 0 bridgehead atoms. The first-order chi connectivity index (χ1) is 12.4. The van der Waals surface area contributed by atoms with Crippen molar-refractivity contribution < 1.29 is 23.4 Å². The average molecular weight is 359 g/mol. The number of carboxylic acid groups (broad SMARTS) is 1. The molecule has 3 aromatic rings. The molecular weight excluding hydrogens is 344 g/mol. The quantitative estimate of drug-likeness (QED) is 0.750. The Morgan fingerprint density at radius 3 is 2.92 bits per heavy atom. The second-order valence-corrected chi connectivity index (χ2v) is 6.23. The number of imidazole rings is 1. The van der Waals surface area contributed by atoms with Gasteiger partial charge in [-0.05, 0) is 24.6 Å². The molecule has 1 aromatic carbocycles. The highest BCUT2D eigenvalue weighted by atomic mass is 19.1. The van der Waals surface area contributed by atoms with E-state index in [-0.39, 0.29) is 18.8 Å². The number of aryl methyl sites for hydroxylation is 1. The Balaban J connectivity index is 1.81. The van der Waals surface area contributed by atoms with E-state index in [1.54, 1.807) is 17.5 Å². The van der Waals surface area contributed by atoms with E-state index in [1.807, 2.05) is 0 Å². The molecule has 1 unspecified atom stereocenters. The van der Waals surface area contributed by atoms with Crippen molar-refractivity contribution in [3.8, 4) is 0 Å². The van der Waals surface area contributed by atoms with E-state index in [0.717, 1.165) is 6.07 Å². The van der Waals surface area contributed by atoms with Gasteiger partial charge in [0.25, 0.3) is 0 Å². The summed E-state index contributed by atoms with van der Waals surface area (Å²) in [4.78, 5) is 15.8. The number of nitrogens with zero attached hydrogens (tertiary/aromatic N) is 2. The van der Waals surface area contributed by atoms with E-state index in [9.17, 15) is 18.7 Å². The number of carbonyl (C=O) groups is 1. The Labute approximate surface area is 147 Å². The number of pyridine rings is 1. The van der Waals surface area contributed by atoms with E-state index in [1.165, 1.54) is 18.3 Å². The van der Waals surface area contributed by atoms with Crippen LogP contribution in [0.15, 0.2) is 30.6 Å². The van der Waals surface area contributed by atoms with Crippen LogP contribution in [-0.2, 0) is 11.3 Å². The molecule has 1 aliphatic rings. The highest BCUT2D eigenvalue weighted by molar-refractivity contribution is 5.90. The average Bonchev–Trinajstić information content (AvgIpc) is 2.94. The summed E-state index contributed by atoms with van der Waals surface area (Å²) in [6.45, 7) is 2.08. The monoisotopic (exact) mass is 359 g/mol. The number of ether oxygens (including phenoxy) is 1. The number of carboxylic acids is 1. The van der Waals surface area contributed by atoms with Gasteiger partial charge in [0.15, 0.2) is 5.65 Å². The van der Waals surface area contributed by atoms with Crippen molar-refractivity contribution in [2.75, 3.05) is 11.9 Å². The van der Waals surface area contributed by atoms with Crippen LogP contribution in [0.5, 0.6) is 0 Å². The zero-order valence-electron chi connectivity index (χ0n) is 13.8. The van der Waals surface area contributed by atoms with Crippen LogP contribution >= 0.6 is 0 Å². The predicted molar refractivity (Wildman–Crippen MR) is 89.3 cm³/mol. The number of hydrogen-bond donors (Lipinski definition) is 2. The van der Waals surface area contributed by atoms with Gasteiger partial charge in [-0.15, -0.1) is 0 Å². The lowest BCUT2D eigenvalue weighted by Gasteiger charge is -2.28. The van der Waals surface area contributed by atoms with E-state index >= 15 is 0 Å². The minimum Gasteiger partial charge on any atom is -0.478 e. The number of fused-ring (bicyclic) bond motifs is 2. The van der Waals surface area contributed by atoms with E-state index in [0.29, 0.717) is 28.2 Å². The fraction of sp³-hybridized carbons (Fsp3) is 0.222. The molecule has 2 N–H and O–H groups in total. The minimum atomic E-state index is -1.09. The summed E-state index contributed by atoms with van der Waals surface area (Å²) in [6, 6.07) is 2.93. The molecule has 0 amide bonds. The zero-order valence-corrected chi connectivity index (χ0v) is 13.8. The second kappa shape index (κ2) is 6.06. The first-order valence-electron chi connectivity index (χ1n) is 7.97. The number of halogens is 2. The van der Waals surface area contributed by atoms with Crippen LogP contribution in [0.3, 0.4) is 0 Å². The number of aromatic carboxylic acids is 1. The van der Waals surface area contributed by atoms with Crippen molar-refractivity contribution in [1.82, 2.24) is 9.38 Å². The molecule has 6 nitrogen and oxygen atoms in total. The Kier molecular flexibility index (Phi) is 3.84. The van der Waals surface area contributed by atoms with Gasteiger partial charge in [-0.2, -0.15) is 0 Å². The molecule has 4 rings (SSSR count). The molecule has 134 valence electrons. The molecule has 0 saturated carbocycles. The smallest absolute Gasteiger partial charge is 0.337 e. The van der Waals surface area contributed by atoms with Gasteiger partial charge >= 0.3 is 5.97 Å². The predicted octanol–water partition coefficient (Wildman–Crippen LogP) is 3.30. The standard InChI is InChI=1S/C18H15F2N3O3/c1-9-5-23-6-10(18(24)25)3-14(17(23)21-9)22-15-8-26-7-11-2-12(19)4-13(20)16(11)15/h2-6,15,22H,7-8H2,1H3,(H,24,25). The molecule has 1 aliphatic heterocycles. The zero-order chi connectivity index (χ0) is 18.4. The summed E-state index contributed by atoms with van der Waals surface area (Å²) >= 11 is 0. The van der Waals surface area contributed by atoms with Crippen LogP contribution in [0.25, 0.3) is 5.65 Å². The first kappa shape index (κ1) is 16.5. The van der Waals surface area contributed by atoms with Gasteiger partial charge < -0.3 is 19.6 Å². The topological polar surface area (TPSA) is 75.9 Å². The number of anilines is 1. The van der Waals surface area contributed by atoms with Gasteiger partial charge in [0.1, 0.15) is 11.6 Å². The van der Waals surface area contributed by atoms with Gasteiger partial charge in [-0.1, -0.05) is 0 Å². The number of benzene rings is 1. The lowest BCUT2D eigenvalue weighted by Crippen LogP contribution is -2.25. The maximum absolute atomic E-state index is 14.4. The molecule has 0 spiro atoms. The van der Waals surface area contributed by atoms with Crippen molar-refractivity contribution in [2.45, 2.75) is 19.6 Å². The molecule has 0 aliphatic carbocycles. The summed E-state index contributed by atoms with van der Waals surface area (Å²) in [5.74, 6) is -2.41. The van der Waals surface area contributed by atoms with E-state index in [4.69, 9.17) is 4.74 Å². The van der Waals surface area contributed by atoms with Gasteiger partial charge in [0, 0.05) is 24.0 Å².